The fraction of sp³-hybridized carbons (Fsp3) is 0.667. The van der Waals surface area contributed by atoms with E-state index in [1.54, 1.807) is 0 Å². The van der Waals surface area contributed by atoms with Crippen molar-refractivity contribution in [2.24, 2.45) is 11.8 Å². The van der Waals surface area contributed by atoms with Crippen LogP contribution in [0.2, 0.25) is 18.1 Å². The largest absolute Gasteiger partial charge is 0.413 e. The highest BCUT2D eigenvalue weighted by atomic mass is 79.9. The Morgan fingerprint density at radius 2 is 1.81 bits per heavy atom. The van der Waals surface area contributed by atoms with Crippen LogP contribution in [-0.2, 0) is 20.6 Å². The summed E-state index contributed by atoms with van der Waals surface area (Å²) in [6, 6.07) is 10.1. The molecule has 0 radical (unpaired) electrons. The first-order chi connectivity index (χ1) is 12.1. The van der Waals surface area contributed by atoms with Crippen LogP contribution < -0.4 is 0 Å². The van der Waals surface area contributed by atoms with Crippen LogP contribution >= 0.6 is 15.9 Å². The molecule has 1 aromatic rings. The Bertz CT molecular complexity index is 640. The molecular formula is C21H31BrO3Si. The molecular weight excluding hydrogens is 408 g/mol. The molecule has 2 fully saturated rings. The van der Waals surface area contributed by atoms with Crippen molar-refractivity contribution in [3.8, 4) is 0 Å². The third kappa shape index (κ3) is 4.01. The highest BCUT2D eigenvalue weighted by Crippen LogP contribution is 2.49. The topological polar surface area (TPSA) is 35.5 Å². The van der Waals surface area contributed by atoms with Crippen molar-refractivity contribution in [2.75, 3.05) is 0 Å². The number of ether oxygens (including phenoxy) is 1. The van der Waals surface area contributed by atoms with Gasteiger partial charge in [0.2, 0.25) is 0 Å². The number of carbonyl (C=O) groups excluding carboxylic acids is 1. The number of ketones is 1. The van der Waals surface area contributed by atoms with Crippen LogP contribution in [0.4, 0.5) is 0 Å². The fourth-order valence-corrected chi connectivity index (χ4v) is 6.33. The minimum atomic E-state index is -1.83. The number of Topliss-reactive ketones (excluding diaryl/α,β-unsaturated/α-hetero) is 1. The number of hydrogen-bond donors (Lipinski definition) is 0. The molecule has 2 aliphatic carbocycles. The average molecular weight is 439 g/mol. The van der Waals surface area contributed by atoms with Gasteiger partial charge in [-0.1, -0.05) is 67.0 Å². The van der Waals surface area contributed by atoms with Crippen molar-refractivity contribution in [3.63, 3.8) is 0 Å². The fourth-order valence-electron chi connectivity index (χ4n) is 3.87. The second kappa shape index (κ2) is 7.49. The van der Waals surface area contributed by atoms with Crippen LogP contribution in [0.5, 0.6) is 0 Å². The van der Waals surface area contributed by atoms with Gasteiger partial charge in [0.15, 0.2) is 14.1 Å². The average Bonchev–Trinajstić information content (AvgIpc) is 3.03. The smallest absolute Gasteiger partial charge is 0.192 e. The molecule has 3 rings (SSSR count). The monoisotopic (exact) mass is 438 g/mol. The molecule has 0 heterocycles. The molecule has 0 aromatic heterocycles. The summed E-state index contributed by atoms with van der Waals surface area (Å²) in [6.45, 7) is 11.9. The number of rotatable bonds is 5. The molecule has 0 N–H and O–H groups in total. The number of halogens is 1. The standard InChI is InChI=1S/C21H31BrO3Si/c1-21(2,3)26(4,5)25-17-12-16-15(19(17)22)11-18(20(16)23)24-13-14-9-7-6-8-10-14/h6-10,15-19H,11-13H2,1-5H3/t15-,16-,17+,18+,19+/m0/s1. The molecule has 5 atom stereocenters. The van der Waals surface area contributed by atoms with E-state index >= 15 is 0 Å². The lowest BCUT2D eigenvalue weighted by Gasteiger charge is -2.39. The van der Waals surface area contributed by atoms with E-state index in [1.807, 2.05) is 30.3 Å². The Kier molecular flexibility index (Phi) is 5.84. The zero-order chi connectivity index (χ0) is 19.1. The normalized spacial score (nSPS) is 32.1. The highest BCUT2D eigenvalue weighted by molar-refractivity contribution is 9.09. The van der Waals surface area contributed by atoms with Crippen LogP contribution in [0.1, 0.15) is 39.2 Å². The van der Waals surface area contributed by atoms with Crippen molar-refractivity contribution in [1.29, 1.82) is 0 Å². The number of alkyl halides is 1. The zero-order valence-corrected chi connectivity index (χ0v) is 19.1. The number of fused-ring (bicyclic) bond motifs is 1. The third-order valence-electron chi connectivity index (χ3n) is 6.48. The predicted octanol–water partition coefficient (Wildman–Crippen LogP) is 5.33. The van der Waals surface area contributed by atoms with Gasteiger partial charge in [-0.2, -0.15) is 0 Å². The Labute approximate surface area is 167 Å². The van der Waals surface area contributed by atoms with Gasteiger partial charge in [0, 0.05) is 10.7 Å². The molecule has 0 saturated heterocycles. The van der Waals surface area contributed by atoms with E-state index in [0.29, 0.717) is 12.5 Å². The van der Waals surface area contributed by atoms with Gasteiger partial charge in [-0.25, -0.2) is 0 Å². The summed E-state index contributed by atoms with van der Waals surface area (Å²) in [5.41, 5.74) is 1.12. The van der Waals surface area contributed by atoms with Gasteiger partial charge in [0.25, 0.3) is 0 Å². The van der Waals surface area contributed by atoms with E-state index in [9.17, 15) is 4.79 Å². The number of hydrogen-bond acceptors (Lipinski definition) is 3. The molecule has 0 spiro atoms. The molecule has 26 heavy (non-hydrogen) atoms. The second-order valence-corrected chi connectivity index (χ2v) is 15.1. The molecule has 0 unspecified atom stereocenters. The lowest BCUT2D eigenvalue weighted by Crippen LogP contribution is -2.45. The Balaban J connectivity index is 1.60. The van der Waals surface area contributed by atoms with Gasteiger partial charge >= 0.3 is 0 Å². The molecule has 2 aliphatic rings. The maximum Gasteiger partial charge on any atom is 0.192 e. The summed E-state index contributed by atoms with van der Waals surface area (Å²) in [7, 11) is -1.83. The highest BCUT2D eigenvalue weighted by Gasteiger charge is 2.55. The molecule has 5 heteroatoms. The Morgan fingerprint density at radius 3 is 2.38 bits per heavy atom. The SMILES string of the molecule is CC(C)(C)[Si](C)(C)O[C@@H]1C[C@@H]2C(=O)[C@H](OCc3ccccc3)C[C@@H]2[C@H]1Br. The molecule has 144 valence electrons. The molecule has 2 saturated carbocycles. The molecule has 0 bridgehead atoms. The van der Waals surface area contributed by atoms with E-state index in [0.717, 1.165) is 18.4 Å². The summed E-state index contributed by atoms with van der Waals surface area (Å²) in [5, 5.41) is 0.183. The minimum Gasteiger partial charge on any atom is -0.413 e. The van der Waals surface area contributed by atoms with Gasteiger partial charge in [0.05, 0.1) is 12.7 Å². The summed E-state index contributed by atoms with van der Waals surface area (Å²) in [5.74, 6) is 0.685. The van der Waals surface area contributed by atoms with E-state index in [1.165, 1.54) is 0 Å². The van der Waals surface area contributed by atoms with Crippen molar-refractivity contribution in [3.05, 3.63) is 35.9 Å². The van der Waals surface area contributed by atoms with Crippen molar-refractivity contribution < 1.29 is 14.0 Å². The number of carbonyl (C=O) groups is 1. The van der Waals surface area contributed by atoms with Crippen LogP contribution in [0.3, 0.4) is 0 Å². The van der Waals surface area contributed by atoms with E-state index in [-0.39, 0.29) is 33.8 Å². The lowest BCUT2D eigenvalue weighted by molar-refractivity contribution is -0.131. The van der Waals surface area contributed by atoms with Crippen molar-refractivity contribution in [1.82, 2.24) is 0 Å². The first kappa shape index (κ1) is 20.2. The zero-order valence-electron chi connectivity index (χ0n) is 16.5. The second-order valence-electron chi connectivity index (χ2n) is 9.29. The molecule has 1 aromatic carbocycles. The maximum atomic E-state index is 12.9. The lowest BCUT2D eigenvalue weighted by atomic mass is 10.0. The van der Waals surface area contributed by atoms with Crippen LogP contribution in [0.25, 0.3) is 0 Å². The molecule has 0 amide bonds. The summed E-state index contributed by atoms with van der Waals surface area (Å²) in [4.78, 5) is 13.1. The van der Waals surface area contributed by atoms with Gasteiger partial charge in [0.1, 0.15) is 6.10 Å². The quantitative estimate of drug-likeness (QED) is 0.459. The van der Waals surface area contributed by atoms with Gasteiger partial charge < -0.3 is 9.16 Å². The first-order valence-corrected chi connectivity index (χ1v) is 13.4. The number of benzene rings is 1. The van der Waals surface area contributed by atoms with Crippen molar-refractivity contribution >= 4 is 30.0 Å². The van der Waals surface area contributed by atoms with Gasteiger partial charge in [-0.3, -0.25) is 4.79 Å². The summed E-state index contributed by atoms with van der Waals surface area (Å²) >= 11 is 3.87. The van der Waals surface area contributed by atoms with Crippen LogP contribution in [0.15, 0.2) is 30.3 Å². The Morgan fingerprint density at radius 1 is 1.15 bits per heavy atom. The predicted molar refractivity (Wildman–Crippen MR) is 111 cm³/mol. The van der Waals surface area contributed by atoms with Crippen LogP contribution in [0, 0.1) is 11.8 Å². The van der Waals surface area contributed by atoms with E-state index < -0.39 is 8.32 Å². The Hall–Kier alpha value is -0.493. The molecule has 0 aliphatic heterocycles. The maximum absolute atomic E-state index is 12.9. The molecule has 3 nitrogen and oxygen atoms in total. The van der Waals surface area contributed by atoms with Gasteiger partial charge in [-0.05, 0) is 42.5 Å². The van der Waals surface area contributed by atoms with Gasteiger partial charge in [-0.15, -0.1) is 0 Å². The summed E-state index contributed by atoms with van der Waals surface area (Å²) < 4.78 is 12.6. The summed E-state index contributed by atoms with van der Waals surface area (Å²) in [6.07, 6.45) is 1.52. The third-order valence-corrected chi connectivity index (χ3v) is 12.3. The van der Waals surface area contributed by atoms with E-state index in [4.69, 9.17) is 9.16 Å². The first-order valence-electron chi connectivity index (χ1n) is 9.61. The van der Waals surface area contributed by atoms with Crippen LogP contribution in [-0.4, -0.2) is 31.1 Å². The minimum absolute atomic E-state index is 0.0786. The van der Waals surface area contributed by atoms with E-state index in [2.05, 4.69) is 49.8 Å². The van der Waals surface area contributed by atoms with Crippen molar-refractivity contribution in [2.45, 2.75) is 75.4 Å².